The average molecular weight is 461 g/mol. The van der Waals surface area contributed by atoms with Gasteiger partial charge in [-0.25, -0.2) is 0 Å². The van der Waals surface area contributed by atoms with Gasteiger partial charge in [-0.05, 0) is 0 Å². The van der Waals surface area contributed by atoms with Crippen LogP contribution in [0.2, 0.25) is 0 Å². The molecule has 13 heteroatoms. The number of nitrogens with two attached hydrogens (primary N) is 2. The molecule has 0 bridgehead atoms. The molecule has 0 amide bonds. The summed E-state index contributed by atoms with van der Waals surface area (Å²) in [5, 5.41) is 0.111. The summed E-state index contributed by atoms with van der Waals surface area (Å²) in [6.07, 6.45) is 0. The van der Waals surface area contributed by atoms with Crippen molar-refractivity contribution >= 4 is 87.5 Å². The Labute approximate surface area is 169 Å². The topological polar surface area (TPSA) is 112 Å². The van der Waals surface area contributed by atoms with Crippen molar-refractivity contribution < 1.29 is 4.74 Å². The van der Waals surface area contributed by atoms with E-state index in [4.69, 9.17) is 85.8 Å². The number of anilines is 3. The summed E-state index contributed by atoms with van der Waals surface area (Å²) >= 11 is 35.3. The molecule has 1 aliphatic carbocycles. The molecule has 7 nitrogen and oxygen atoms in total. The van der Waals surface area contributed by atoms with Crippen molar-refractivity contribution in [2.75, 3.05) is 30.6 Å². The first-order valence-corrected chi connectivity index (χ1v) is 9.15. The fourth-order valence-electron chi connectivity index (χ4n) is 1.68. The highest BCUT2D eigenvalue weighted by molar-refractivity contribution is 6.45. The van der Waals surface area contributed by atoms with Crippen LogP contribution in [0.4, 0.5) is 17.8 Å². The Morgan fingerprint density at radius 1 is 0.792 bits per heavy atom. The molecular weight excluding hydrogens is 445 g/mol. The number of ether oxygens (including phenoxy) is 1. The molecule has 1 fully saturated rings. The zero-order valence-electron chi connectivity index (χ0n) is 12.3. The molecule has 0 atom stereocenters. The zero-order valence-corrected chi connectivity index (χ0v) is 16.9. The van der Waals surface area contributed by atoms with Crippen LogP contribution in [0.25, 0.3) is 0 Å². The number of nitrogens with one attached hydrogen (secondary N) is 1. The van der Waals surface area contributed by atoms with Gasteiger partial charge in [0, 0.05) is 7.11 Å². The first-order valence-electron chi connectivity index (χ1n) is 6.53. The maximum Gasteiger partial charge on any atom is 0.231 e. The molecule has 1 aliphatic rings. The lowest BCUT2D eigenvalue weighted by Crippen LogP contribution is -2.52. The molecule has 1 aromatic rings. The highest BCUT2D eigenvalue weighted by atomic mass is 35.5. The molecule has 0 aromatic carbocycles. The zero-order chi connectivity index (χ0) is 18.4. The van der Waals surface area contributed by atoms with E-state index < -0.39 is 32.3 Å². The monoisotopic (exact) mass is 458 g/mol. The normalized spacial score (nSPS) is 32.6. The molecule has 0 aliphatic heterocycles. The van der Waals surface area contributed by atoms with Gasteiger partial charge in [0.25, 0.3) is 0 Å². The lowest BCUT2D eigenvalue weighted by Gasteiger charge is -2.37. The van der Waals surface area contributed by atoms with Crippen molar-refractivity contribution in [3.05, 3.63) is 0 Å². The highest BCUT2D eigenvalue weighted by Gasteiger charge is 2.46. The van der Waals surface area contributed by atoms with Crippen molar-refractivity contribution in [1.82, 2.24) is 15.0 Å². The lowest BCUT2D eigenvalue weighted by atomic mass is 9.97. The lowest BCUT2D eigenvalue weighted by molar-refractivity contribution is 0.220. The third-order valence-electron chi connectivity index (χ3n) is 2.87. The molecule has 1 heterocycles. The minimum absolute atomic E-state index is 0.0844. The van der Waals surface area contributed by atoms with Crippen LogP contribution >= 0.6 is 69.6 Å². The molecular formula is C11H16Cl6N6O. The third kappa shape index (κ3) is 6.12. The molecule has 138 valence electrons. The minimum Gasteiger partial charge on any atom is -0.368 e. The summed E-state index contributed by atoms with van der Waals surface area (Å²) in [6, 6.07) is 0. The van der Waals surface area contributed by atoms with E-state index in [1.807, 2.05) is 0 Å². The van der Waals surface area contributed by atoms with Crippen LogP contribution in [-0.4, -0.2) is 61.1 Å². The van der Waals surface area contributed by atoms with Gasteiger partial charge in [-0.2, -0.15) is 15.0 Å². The molecule has 0 spiro atoms. The summed E-state index contributed by atoms with van der Waals surface area (Å²) in [5.74, 6) is 0.476. The van der Waals surface area contributed by atoms with E-state index in [9.17, 15) is 0 Å². The molecule has 1 saturated carbocycles. The molecule has 24 heavy (non-hydrogen) atoms. The molecule has 1 aromatic heterocycles. The van der Waals surface area contributed by atoms with Crippen LogP contribution in [0, 0.1) is 0 Å². The summed E-state index contributed by atoms with van der Waals surface area (Å²) in [6.45, 7) is 0.295. The SMILES string of the molecule is COCNc1nc(N)nc(N)n1.ClC1C(Cl)C(Cl)C(Cl)C(Cl)C1Cl. The number of methoxy groups -OCH3 is 1. The Kier molecular flexibility index (Phi) is 9.51. The van der Waals surface area contributed by atoms with E-state index in [1.165, 1.54) is 0 Å². The number of hydrogen-bond donors (Lipinski definition) is 3. The Morgan fingerprint density at radius 2 is 1.12 bits per heavy atom. The van der Waals surface area contributed by atoms with Gasteiger partial charge in [0.15, 0.2) is 0 Å². The number of halogens is 6. The fourth-order valence-corrected chi connectivity index (χ4v) is 4.01. The summed E-state index contributed by atoms with van der Waals surface area (Å²) in [7, 11) is 1.54. The highest BCUT2D eigenvalue weighted by Crippen LogP contribution is 2.39. The van der Waals surface area contributed by atoms with Crippen LogP contribution in [0.15, 0.2) is 0 Å². The Bertz CT molecular complexity index is 449. The smallest absolute Gasteiger partial charge is 0.231 e. The van der Waals surface area contributed by atoms with E-state index in [-0.39, 0.29) is 11.9 Å². The van der Waals surface area contributed by atoms with Crippen molar-refractivity contribution in [2.24, 2.45) is 0 Å². The number of nitrogens with zero attached hydrogens (tertiary/aromatic N) is 3. The maximum absolute atomic E-state index is 5.88. The van der Waals surface area contributed by atoms with Gasteiger partial charge in [0.2, 0.25) is 17.8 Å². The van der Waals surface area contributed by atoms with Crippen LogP contribution in [0.1, 0.15) is 0 Å². The number of rotatable bonds is 3. The van der Waals surface area contributed by atoms with Crippen molar-refractivity contribution in [1.29, 1.82) is 0 Å². The summed E-state index contributed by atoms with van der Waals surface area (Å²) in [5.41, 5.74) is 10.6. The molecule has 0 unspecified atom stereocenters. The van der Waals surface area contributed by atoms with Crippen molar-refractivity contribution in [3.63, 3.8) is 0 Å². The van der Waals surface area contributed by atoms with Gasteiger partial charge in [-0.3, -0.25) is 0 Å². The van der Waals surface area contributed by atoms with Crippen molar-refractivity contribution in [2.45, 2.75) is 32.3 Å². The minimum atomic E-state index is -0.437. The number of alkyl halides is 6. The van der Waals surface area contributed by atoms with Crippen LogP contribution in [0.3, 0.4) is 0 Å². The second kappa shape index (κ2) is 10.3. The van der Waals surface area contributed by atoms with E-state index in [0.717, 1.165) is 0 Å². The van der Waals surface area contributed by atoms with Crippen molar-refractivity contribution in [3.8, 4) is 0 Å². The van der Waals surface area contributed by atoms with Crippen LogP contribution in [0.5, 0.6) is 0 Å². The van der Waals surface area contributed by atoms with Gasteiger partial charge in [0.1, 0.15) is 6.73 Å². The van der Waals surface area contributed by atoms with Gasteiger partial charge in [-0.1, -0.05) is 0 Å². The van der Waals surface area contributed by atoms with Crippen LogP contribution in [-0.2, 0) is 4.74 Å². The summed E-state index contributed by atoms with van der Waals surface area (Å²) in [4.78, 5) is 11.1. The first-order chi connectivity index (χ1) is 11.2. The Hall–Kier alpha value is 0.110. The first kappa shape index (κ1) is 22.2. The standard InChI is InChI=1S/C6H6Cl6.C5H10N6O/c7-1-2(8)4(10)6(12)5(11)3(1)9;1-12-2-8-5-10-3(6)9-4(7)11-5/h1-6H;2H2,1H3,(H5,6,7,8,9,10,11). The number of nitrogen functional groups attached to an aromatic ring is 2. The number of hydrogen-bond acceptors (Lipinski definition) is 7. The van der Waals surface area contributed by atoms with Gasteiger partial charge in [0.05, 0.1) is 32.3 Å². The Balaban J connectivity index is 0.000000240. The maximum atomic E-state index is 5.88. The Morgan fingerprint density at radius 3 is 1.42 bits per heavy atom. The van der Waals surface area contributed by atoms with E-state index in [2.05, 4.69) is 20.3 Å². The largest absolute Gasteiger partial charge is 0.368 e. The molecule has 0 radical (unpaired) electrons. The predicted octanol–water partition coefficient (Wildman–Crippen LogP) is 2.70. The predicted molar refractivity (Wildman–Crippen MR) is 102 cm³/mol. The van der Waals surface area contributed by atoms with Gasteiger partial charge in [-0.15, -0.1) is 69.6 Å². The average Bonchev–Trinajstić information content (AvgIpc) is 2.54. The number of aromatic nitrogens is 3. The fraction of sp³-hybridized carbons (Fsp3) is 0.727. The quantitative estimate of drug-likeness (QED) is 0.469. The third-order valence-corrected chi connectivity index (χ3v) is 6.90. The second-order valence-electron chi connectivity index (χ2n) is 4.65. The van der Waals surface area contributed by atoms with E-state index >= 15 is 0 Å². The van der Waals surface area contributed by atoms with E-state index in [1.54, 1.807) is 7.11 Å². The summed E-state index contributed by atoms with van der Waals surface area (Å²) < 4.78 is 4.73. The van der Waals surface area contributed by atoms with E-state index in [0.29, 0.717) is 12.7 Å². The van der Waals surface area contributed by atoms with Gasteiger partial charge >= 0.3 is 0 Å². The molecule has 0 saturated heterocycles. The van der Waals surface area contributed by atoms with Gasteiger partial charge < -0.3 is 21.5 Å². The second-order valence-corrected chi connectivity index (χ2v) is 7.68. The molecule has 2 rings (SSSR count). The molecule has 5 N–H and O–H groups in total. The van der Waals surface area contributed by atoms with Crippen LogP contribution < -0.4 is 16.8 Å².